The van der Waals surface area contributed by atoms with Crippen LogP contribution in [0.25, 0.3) is 11.0 Å². The zero-order valence-corrected chi connectivity index (χ0v) is 16.6. The predicted octanol–water partition coefficient (Wildman–Crippen LogP) is 4.76. The molecule has 2 aromatic carbocycles. The molecule has 1 heterocycles. The number of carbonyl (C=O) groups excluding carboxylic acids is 1. The van der Waals surface area contributed by atoms with Crippen LogP contribution in [0.2, 0.25) is 0 Å². The summed E-state index contributed by atoms with van der Waals surface area (Å²) in [6, 6.07) is 7.32. The number of halogens is 3. The second-order valence-electron chi connectivity index (χ2n) is 6.50. The van der Waals surface area contributed by atoms with E-state index in [1.807, 2.05) is 6.92 Å². The van der Waals surface area contributed by atoms with Crippen LogP contribution in [0.4, 0.5) is 18.9 Å². The van der Waals surface area contributed by atoms with Crippen molar-refractivity contribution in [1.82, 2.24) is 9.55 Å². The summed E-state index contributed by atoms with van der Waals surface area (Å²) in [6.45, 7) is 2.34. The van der Waals surface area contributed by atoms with Gasteiger partial charge in [0.15, 0.2) is 5.16 Å². The Bertz CT molecular complexity index is 1130. The zero-order valence-electron chi connectivity index (χ0n) is 15.8. The molecule has 0 spiro atoms. The Morgan fingerprint density at radius 3 is 2.60 bits per heavy atom. The molecule has 0 saturated carbocycles. The minimum atomic E-state index is -4.47. The molecule has 0 saturated heterocycles. The van der Waals surface area contributed by atoms with Crippen LogP contribution in [0.15, 0.2) is 41.6 Å². The number of imidazole rings is 1. The number of nitro benzene ring substituents is 1. The molecule has 30 heavy (non-hydrogen) atoms. The van der Waals surface area contributed by atoms with Crippen molar-refractivity contribution in [3.05, 3.63) is 63.2 Å². The number of carbonyl (C=O) groups is 1. The van der Waals surface area contributed by atoms with Gasteiger partial charge in [0.25, 0.3) is 5.69 Å². The molecule has 1 amide bonds. The second kappa shape index (κ2) is 8.34. The number of hydrogen-bond donors (Lipinski definition) is 1. The fourth-order valence-electron chi connectivity index (χ4n) is 2.98. The number of nitrogens with zero attached hydrogens (tertiary/aromatic N) is 3. The first-order valence-electron chi connectivity index (χ1n) is 8.89. The van der Waals surface area contributed by atoms with Crippen molar-refractivity contribution in [2.24, 2.45) is 5.73 Å². The molecule has 3 aromatic rings. The van der Waals surface area contributed by atoms with Crippen LogP contribution in [0.1, 0.15) is 34.8 Å². The fraction of sp³-hybridized carbons (Fsp3) is 0.263. The van der Waals surface area contributed by atoms with Gasteiger partial charge in [-0.05, 0) is 30.7 Å². The lowest BCUT2D eigenvalue weighted by Gasteiger charge is -2.10. The van der Waals surface area contributed by atoms with Crippen molar-refractivity contribution < 1.29 is 22.9 Å². The molecular weight excluding hydrogens is 421 g/mol. The van der Waals surface area contributed by atoms with E-state index in [1.54, 1.807) is 4.57 Å². The molecule has 0 aliphatic heterocycles. The molecule has 2 N–H and O–H groups in total. The maximum Gasteiger partial charge on any atom is 0.416 e. The summed E-state index contributed by atoms with van der Waals surface area (Å²) in [5, 5.41) is 11.8. The van der Waals surface area contributed by atoms with E-state index in [2.05, 4.69) is 4.98 Å². The van der Waals surface area contributed by atoms with E-state index in [0.29, 0.717) is 34.7 Å². The molecule has 1 aromatic heterocycles. The normalized spacial score (nSPS) is 11.7. The number of benzene rings is 2. The molecule has 0 atom stereocenters. The molecule has 0 radical (unpaired) electrons. The summed E-state index contributed by atoms with van der Waals surface area (Å²) in [5.74, 6) is -0.628. The number of alkyl halides is 3. The lowest BCUT2D eigenvalue weighted by Crippen LogP contribution is -2.11. The maximum atomic E-state index is 13.1. The molecule has 7 nitrogen and oxygen atoms in total. The standard InChI is InChI=1S/C19H17F3N4O3S/c1-2-7-25-16-9-13(19(20,21)22)5-6-14(16)24-18(25)30-10-12-4-3-11(17(23)27)8-15(12)26(28)29/h3-6,8-9H,2,7,10H2,1H3,(H2,23,27). The molecule has 0 bridgehead atoms. The van der Waals surface area contributed by atoms with E-state index >= 15 is 0 Å². The van der Waals surface area contributed by atoms with E-state index in [4.69, 9.17) is 5.73 Å². The summed E-state index contributed by atoms with van der Waals surface area (Å²) < 4.78 is 40.9. The first-order valence-corrected chi connectivity index (χ1v) is 9.87. The number of nitro groups is 1. The van der Waals surface area contributed by atoms with Crippen molar-refractivity contribution in [3.8, 4) is 0 Å². The predicted molar refractivity (Wildman–Crippen MR) is 106 cm³/mol. The first-order chi connectivity index (χ1) is 14.1. The third-order valence-electron chi connectivity index (χ3n) is 4.41. The lowest BCUT2D eigenvalue weighted by atomic mass is 10.1. The van der Waals surface area contributed by atoms with Gasteiger partial charge in [-0.2, -0.15) is 13.2 Å². The lowest BCUT2D eigenvalue weighted by molar-refractivity contribution is -0.385. The highest BCUT2D eigenvalue weighted by Crippen LogP contribution is 2.34. The Hall–Kier alpha value is -3.08. The summed E-state index contributed by atoms with van der Waals surface area (Å²) in [4.78, 5) is 26.4. The average Bonchev–Trinajstić information content (AvgIpc) is 3.02. The third-order valence-corrected chi connectivity index (χ3v) is 5.44. The molecule has 11 heteroatoms. The molecule has 0 unspecified atom stereocenters. The Labute approximate surface area is 173 Å². The average molecular weight is 438 g/mol. The third kappa shape index (κ3) is 4.40. The minimum Gasteiger partial charge on any atom is -0.366 e. The van der Waals surface area contributed by atoms with Crippen LogP contribution >= 0.6 is 11.8 Å². The van der Waals surface area contributed by atoms with Crippen molar-refractivity contribution in [2.45, 2.75) is 37.0 Å². The van der Waals surface area contributed by atoms with Crippen molar-refractivity contribution in [3.63, 3.8) is 0 Å². The van der Waals surface area contributed by atoms with Gasteiger partial charge in [0.05, 0.1) is 21.5 Å². The van der Waals surface area contributed by atoms with Crippen LogP contribution in [0, 0.1) is 10.1 Å². The van der Waals surface area contributed by atoms with Crippen LogP contribution in [0.3, 0.4) is 0 Å². The van der Waals surface area contributed by atoms with Gasteiger partial charge in [-0.3, -0.25) is 14.9 Å². The molecule has 3 rings (SSSR count). The number of primary amides is 1. The Morgan fingerprint density at radius 1 is 1.27 bits per heavy atom. The number of thioether (sulfide) groups is 1. The van der Waals surface area contributed by atoms with Crippen LogP contribution in [-0.2, 0) is 18.5 Å². The topological polar surface area (TPSA) is 104 Å². The van der Waals surface area contributed by atoms with Gasteiger partial charge >= 0.3 is 6.18 Å². The van der Waals surface area contributed by atoms with Crippen LogP contribution in [0.5, 0.6) is 0 Å². The molecule has 158 valence electrons. The van der Waals surface area contributed by atoms with E-state index in [0.717, 1.165) is 18.2 Å². The largest absolute Gasteiger partial charge is 0.416 e. The number of amides is 1. The second-order valence-corrected chi connectivity index (χ2v) is 7.44. The van der Waals surface area contributed by atoms with E-state index in [1.165, 1.54) is 30.0 Å². The zero-order chi connectivity index (χ0) is 22.1. The van der Waals surface area contributed by atoms with Gasteiger partial charge in [-0.15, -0.1) is 0 Å². The Balaban J connectivity index is 1.97. The summed E-state index contributed by atoms with van der Waals surface area (Å²) in [6.07, 6.45) is -3.80. The quantitative estimate of drug-likeness (QED) is 0.325. The molecular formula is C19H17F3N4O3S. The number of nitrogens with two attached hydrogens (primary N) is 1. The highest BCUT2D eigenvalue weighted by molar-refractivity contribution is 7.98. The van der Waals surface area contributed by atoms with Crippen LogP contribution < -0.4 is 5.73 Å². The summed E-state index contributed by atoms with van der Waals surface area (Å²) in [5.41, 5.74) is 5.30. The van der Waals surface area contributed by atoms with E-state index in [-0.39, 0.29) is 17.0 Å². The number of aryl methyl sites for hydroxylation is 1. The van der Waals surface area contributed by atoms with Crippen molar-refractivity contribution in [1.29, 1.82) is 0 Å². The van der Waals surface area contributed by atoms with Gasteiger partial charge in [0.2, 0.25) is 5.91 Å². The molecule has 0 aliphatic carbocycles. The SMILES string of the molecule is CCCn1c(SCc2ccc(C(N)=O)cc2[N+](=O)[O-])nc2ccc(C(F)(F)F)cc21. The Kier molecular flexibility index (Phi) is 6.01. The number of hydrogen-bond acceptors (Lipinski definition) is 5. The number of aromatic nitrogens is 2. The van der Waals surface area contributed by atoms with Crippen molar-refractivity contribution >= 4 is 34.4 Å². The summed E-state index contributed by atoms with van der Waals surface area (Å²) in [7, 11) is 0. The maximum absolute atomic E-state index is 13.1. The van der Waals surface area contributed by atoms with Gasteiger partial charge in [0.1, 0.15) is 0 Å². The number of rotatable bonds is 7. The van der Waals surface area contributed by atoms with Gasteiger partial charge in [-0.1, -0.05) is 24.8 Å². The summed E-state index contributed by atoms with van der Waals surface area (Å²) >= 11 is 1.17. The van der Waals surface area contributed by atoms with Gasteiger partial charge in [-0.25, -0.2) is 4.98 Å². The van der Waals surface area contributed by atoms with Gasteiger partial charge < -0.3 is 10.3 Å². The highest BCUT2D eigenvalue weighted by atomic mass is 32.2. The first kappa shape index (κ1) is 21.6. The number of fused-ring (bicyclic) bond motifs is 1. The monoisotopic (exact) mass is 438 g/mol. The van der Waals surface area contributed by atoms with E-state index in [9.17, 15) is 28.1 Å². The highest BCUT2D eigenvalue weighted by Gasteiger charge is 2.31. The van der Waals surface area contributed by atoms with Crippen LogP contribution in [-0.4, -0.2) is 20.4 Å². The molecule has 0 aliphatic rings. The fourth-order valence-corrected chi connectivity index (χ4v) is 4.02. The Morgan fingerprint density at radius 2 is 2.00 bits per heavy atom. The smallest absolute Gasteiger partial charge is 0.366 e. The van der Waals surface area contributed by atoms with E-state index < -0.39 is 22.6 Å². The van der Waals surface area contributed by atoms with Crippen molar-refractivity contribution in [2.75, 3.05) is 0 Å². The molecule has 0 fully saturated rings. The van der Waals surface area contributed by atoms with Gasteiger partial charge in [0, 0.05) is 29.5 Å². The minimum absolute atomic E-state index is 0.0216.